The third-order valence-electron chi connectivity index (χ3n) is 4.83. The Bertz CT molecular complexity index is 1500. The number of ketones is 1. The van der Waals surface area contributed by atoms with Crippen LogP contribution in [0.15, 0.2) is 110 Å². The monoisotopic (exact) mass is 459 g/mol. The molecule has 0 heterocycles. The largest absolute Gasteiger partial charge is 0.305 e. The maximum Gasteiger partial charge on any atom is 0.295 e. The molecule has 10 heteroatoms. The minimum Gasteiger partial charge on any atom is -0.305 e. The van der Waals surface area contributed by atoms with Gasteiger partial charge < -0.3 is 5.84 Å². The molecule has 0 aliphatic carbocycles. The Morgan fingerprint density at radius 1 is 0.758 bits per heavy atom. The highest BCUT2D eigenvalue weighted by Crippen LogP contribution is 2.40. The van der Waals surface area contributed by atoms with Crippen molar-refractivity contribution in [1.82, 2.24) is 0 Å². The van der Waals surface area contributed by atoms with Gasteiger partial charge in [-0.15, -0.1) is 10.2 Å². The minimum absolute atomic E-state index is 0.0416. The first kappa shape index (κ1) is 21.9. The van der Waals surface area contributed by atoms with Crippen LogP contribution >= 0.6 is 0 Å². The maximum absolute atomic E-state index is 12.5. The molecule has 0 spiro atoms. The summed E-state index contributed by atoms with van der Waals surface area (Å²) in [6.07, 6.45) is 0. The van der Waals surface area contributed by atoms with Gasteiger partial charge in [-0.05, 0) is 30.3 Å². The zero-order valence-corrected chi connectivity index (χ0v) is 17.8. The molecule has 0 unspecified atom stereocenters. The molecule has 0 saturated carbocycles. The van der Waals surface area contributed by atoms with Gasteiger partial charge >= 0.3 is 0 Å². The molecule has 0 saturated heterocycles. The number of azo groups is 1. The Morgan fingerprint density at radius 3 is 2.00 bits per heavy atom. The number of carbonyl (C=O) groups excluding carboxylic acids is 1. The third-order valence-corrected chi connectivity index (χ3v) is 5.73. The molecule has 33 heavy (non-hydrogen) atoms. The van der Waals surface area contributed by atoms with E-state index in [9.17, 15) is 17.8 Å². The predicted molar refractivity (Wildman–Crippen MR) is 123 cm³/mol. The van der Waals surface area contributed by atoms with E-state index in [1.807, 2.05) is 6.07 Å². The van der Waals surface area contributed by atoms with Gasteiger partial charge in [-0.1, -0.05) is 59.8 Å². The van der Waals surface area contributed by atoms with Gasteiger partial charge in [-0.25, -0.2) is 0 Å². The SMILES string of the molecule is NN=Nc1c(N=Nc2ccc(C(=O)c3ccccc3)cc2)cc(S(=O)(=O)O)c2ccccc12. The van der Waals surface area contributed by atoms with E-state index in [4.69, 9.17) is 5.84 Å². The highest BCUT2D eigenvalue weighted by atomic mass is 32.2. The predicted octanol–water partition coefficient (Wildman–Crippen LogP) is 5.69. The molecule has 4 aromatic rings. The van der Waals surface area contributed by atoms with Crippen molar-refractivity contribution in [3.05, 3.63) is 96.1 Å². The first-order valence-electron chi connectivity index (χ1n) is 9.64. The van der Waals surface area contributed by atoms with Crippen molar-refractivity contribution in [3.8, 4) is 0 Å². The minimum atomic E-state index is -4.55. The van der Waals surface area contributed by atoms with Crippen molar-refractivity contribution in [2.24, 2.45) is 26.4 Å². The summed E-state index contributed by atoms with van der Waals surface area (Å²) in [4.78, 5) is 12.2. The summed E-state index contributed by atoms with van der Waals surface area (Å²) in [5, 5.41) is 16.0. The highest BCUT2D eigenvalue weighted by Gasteiger charge is 2.20. The number of nitrogens with two attached hydrogens (primary N) is 1. The molecule has 164 valence electrons. The molecule has 0 aliphatic rings. The second-order valence-corrected chi connectivity index (χ2v) is 8.31. The Hall–Kier alpha value is -4.28. The van der Waals surface area contributed by atoms with Crippen LogP contribution in [0.1, 0.15) is 15.9 Å². The molecule has 0 bridgehead atoms. The number of hydrogen-bond acceptors (Lipinski definition) is 7. The molecule has 0 radical (unpaired) electrons. The topological polar surface area (TPSA) is 147 Å². The number of rotatable bonds is 6. The lowest BCUT2D eigenvalue weighted by molar-refractivity contribution is 0.103. The van der Waals surface area contributed by atoms with Crippen LogP contribution in [0.25, 0.3) is 10.8 Å². The molecule has 0 fully saturated rings. The van der Waals surface area contributed by atoms with Gasteiger partial charge in [-0.3, -0.25) is 9.35 Å². The van der Waals surface area contributed by atoms with Crippen LogP contribution in [0.3, 0.4) is 0 Å². The van der Waals surface area contributed by atoms with E-state index in [-0.39, 0.29) is 27.4 Å². The van der Waals surface area contributed by atoms with Crippen LogP contribution in [-0.4, -0.2) is 18.8 Å². The van der Waals surface area contributed by atoms with Crippen LogP contribution in [0.2, 0.25) is 0 Å². The Kier molecular flexibility index (Phi) is 6.03. The normalized spacial score (nSPS) is 12.0. The lowest BCUT2D eigenvalue weighted by atomic mass is 10.0. The molecule has 3 N–H and O–H groups in total. The van der Waals surface area contributed by atoms with Crippen molar-refractivity contribution >= 4 is 43.7 Å². The Labute approximate surface area is 189 Å². The van der Waals surface area contributed by atoms with Crippen molar-refractivity contribution in [3.63, 3.8) is 0 Å². The fourth-order valence-corrected chi connectivity index (χ4v) is 4.03. The third kappa shape index (κ3) is 4.66. The number of hydrogen-bond donors (Lipinski definition) is 2. The lowest BCUT2D eigenvalue weighted by Crippen LogP contribution is -2.00. The standard InChI is InChI=1S/C23H17N5O4S/c24-28-27-22-19-9-5-4-8-18(19)21(33(30,31)32)14-20(22)26-25-17-12-10-16(11-13-17)23(29)15-6-2-1-3-7-15/h1-14H,(H2,24,27)(H,30,31,32). The molecular weight excluding hydrogens is 442 g/mol. The van der Waals surface area contributed by atoms with Gasteiger partial charge in [0.15, 0.2) is 5.78 Å². The fourth-order valence-electron chi connectivity index (χ4n) is 3.31. The average Bonchev–Trinajstić information content (AvgIpc) is 2.83. The molecule has 9 nitrogen and oxygen atoms in total. The highest BCUT2D eigenvalue weighted by molar-refractivity contribution is 7.86. The Balaban J connectivity index is 1.73. The number of nitrogens with zero attached hydrogens (tertiary/aromatic N) is 4. The van der Waals surface area contributed by atoms with Crippen molar-refractivity contribution < 1.29 is 17.8 Å². The summed E-state index contributed by atoms with van der Waals surface area (Å²) in [6.45, 7) is 0. The number of fused-ring (bicyclic) bond motifs is 1. The molecule has 0 aliphatic heterocycles. The second-order valence-electron chi connectivity index (χ2n) is 6.92. The number of carbonyl (C=O) groups is 1. The van der Waals surface area contributed by atoms with Gasteiger partial charge in [0.05, 0.1) is 5.69 Å². The van der Waals surface area contributed by atoms with Crippen molar-refractivity contribution in [2.75, 3.05) is 0 Å². The Morgan fingerprint density at radius 2 is 1.36 bits per heavy atom. The van der Waals surface area contributed by atoms with Gasteiger partial charge in [0.2, 0.25) is 0 Å². The van der Waals surface area contributed by atoms with Crippen LogP contribution < -0.4 is 5.84 Å². The summed E-state index contributed by atoms with van der Waals surface area (Å²) >= 11 is 0. The van der Waals surface area contributed by atoms with Crippen LogP contribution in [0.5, 0.6) is 0 Å². The van der Waals surface area contributed by atoms with E-state index in [2.05, 4.69) is 20.6 Å². The lowest BCUT2D eigenvalue weighted by Gasteiger charge is -2.08. The van der Waals surface area contributed by atoms with E-state index in [0.29, 0.717) is 22.2 Å². The van der Waals surface area contributed by atoms with Crippen molar-refractivity contribution in [2.45, 2.75) is 4.90 Å². The molecular formula is C23H17N5O4S. The van der Waals surface area contributed by atoms with Crippen LogP contribution in [0, 0.1) is 0 Å². The molecule has 4 aromatic carbocycles. The number of benzene rings is 4. The molecule has 4 rings (SSSR count). The van der Waals surface area contributed by atoms with Crippen LogP contribution in [0.4, 0.5) is 17.1 Å². The fraction of sp³-hybridized carbons (Fsp3) is 0. The summed E-state index contributed by atoms with van der Waals surface area (Å²) in [6, 6.07) is 22.9. The van der Waals surface area contributed by atoms with Gasteiger partial charge in [0, 0.05) is 21.9 Å². The van der Waals surface area contributed by atoms with Crippen LogP contribution in [-0.2, 0) is 10.1 Å². The summed E-state index contributed by atoms with van der Waals surface area (Å²) in [7, 11) is -4.55. The maximum atomic E-state index is 12.5. The van der Waals surface area contributed by atoms with Crippen molar-refractivity contribution in [1.29, 1.82) is 0 Å². The molecule has 0 amide bonds. The zero-order valence-electron chi connectivity index (χ0n) is 17.0. The summed E-state index contributed by atoms with van der Waals surface area (Å²) in [5.74, 6) is 5.10. The first-order valence-corrected chi connectivity index (χ1v) is 11.1. The van der Waals surface area contributed by atoms with E-state index < -0.39 is 10.1 Å². The van der Waals surface area contributed by atoms with E-state index in [1.165, 1.54) is 6.07 Å². The first-order chi connectivity index (χ1) is 15.9. The van der Waals surface area contributed by atoms with E-state index in [1.54, 1.807) is 66.7 Å². The molecule has 0 aromatic heterocycles. The molecule has 0 atom stereocenters. The van der Waals surface area contributed by atoms with Gasteiger partial charge in [0.25, 0.3) is 10.1 Å². The zero-order chi connectivity index (χ0) is 23.4. The smallest absolute Gasteiger partial charge is 0.295 e. The quantitative estimate of drug-likeness (QED) is 0.125. The average molecular weight is 459 g/mol. The van der Waals surface area contributed by atoms with E-state index >= 15 is 0 Å². The van der Waals surface area contributed by atoms with Gasteiger partial charge in [-0.2, -0.15) is 13.5 Å². The van der Waals surface area contributed by atoms with Gasteiger partial charge in [0.1, 0.15) is 16.3 Å². The second kappa shape index (κ2) is 9.07. The summed E-state index contributed by atoms with van der Waals surface area (Å²) in [5.41, 5.74) is 1.70. The van der Waals surface area contributed by atoms with E-state index in [0.717, 1.165) is 6.07 Å². The summed E-state index contributed by atoms with van der Waals surface area (Å²) < 4.78 is 33.6.